The molecule has 10 heteroatoms. The van der Waals surface area contributed by atoms with E-state index >= 15 is 0 Å². The van der Waals surface area contributed by atoms with Crippen LogP contribution in [-0.2, 0) is 17.1 Å². The van der Waals surface area contributed by atoms with Crippen molar-refractivity contribution in [2.24, 2.45) is 0 Å². The summed E-state index contributed by atoms with van der Waals surface area (Å²) in [4.78, 5) is 15.3. The Morgan fingerprint density at radius 3 is 1.93 bits per heavy atom. The molecule has 2 aromatic carbocycles. The number of alkyl halides is 6. The van der Waals surface area contributed by atoms with Crippen molar-refractivity contribution >= 4 is 17.3 Å². The van der Waals surface area contributed by atoms with Gasteiger partial charge in [0.25, 0.3) is 5.91 Å². The summed E-state index contributed by atoms with van der Waals surface area (Å²) in [6.07, 6.45) is -9.92. The number of piperazine rings is 1. The van der Waals surface area contributed by atoms with E-state index < -0.39 is 35.1 Å². The van der Waals surface area contributed by atoms with Crippen molar-refractivity contribution in [2.75, 3.05) is 42.9 Å². The molecule has 1 fully saturated rings. The first-order chi connectivity index (χ1) is 14.0. The molecule has 0 saturated carbocycles. The first-order valence-electron chi connectivity index (χ1n) is 9.25. The molecule has 4 nitrogen and oxygen atoms in total. The van der Waals surface area contributed by atoms with Gasteiger partial charge in [-0.1, -0.05) is 18.2 Å². The van der Waals surface area contributed by atoms with E-state index in [1.807, 2.05) is 30.3 Å². The molecular formula is C20H20F6N3O+. The predicted molar refractivity (Wildman–Crippen MR) is 99.3 cm³/mol. The molecule has 0 bridgehead atoms. The molecule has 3 rings (SSSR count). The normalized spacial score (nSPS) is 15.9. The van der Waals surface area contributed by atoms with Gasteiger partial charge in [0.05, 0.1) is 37.3 Å². The van der Waals surface area contributed by atoms with Crippen LogP contribution in [0.5, 0.6) is 0 Å². The van der Waals surface area contributed by atoms with Gasteiger partial charge >= 0.3 is 12.4 Å². The topological polar surface area (TPSA) is 36.8 Å². The van der Waals surface area contributed by atoms with Crippen molar-refractivity contribution in [3.63, 3.8) is 0 Å². The van der Waals surface area contributed by atoms with Crippen molar-refractivity contribution in [3.8, 4) is 0 Å². The lowest BCUT2D eigenvalue weighted by Gasteiger charge is -2.33. The van der Waals surface area contributed by atoms with Crippen molar-refractivity contribution in [1.82, 2.24) is 0 Å². The van der Waals surface area contributed by atoms with Crippen molar-refractivity contribution in [2.45, 2.75) is 12.4 Å². The molecule has 2 aromatic rings. The van der Waals surface area contributed by atoms with Crippen LogP contribution in [0.2, 0.25) is 0 Å². The Hall–Kier alpha value is -2.75. The van der Waals surface area contributed by atoms with Gasteiger partial charge in [0.2, 0.25) is 0 Å². The summed E-state index contributed by atoms with van der Waals surface area (Å²) < 4.78 is 77.6. The van der Waals surface area contributed by atoms with Crippen LogP contribution in [0.4, 0.5) is 37.7 Å². The Morgan fingerprint density at radius 2 is 1.43 bits per heavy atom. The van der Waals surface area contributed by atoms with Gasteiger partial charge in [-0.2, -0.15) is 26.3 Å². The summed E-state index contributed by atoms with van der Waals surface area (Å²) in [5.41, 5.74) is -2.39. The zero-order valence-corrected chi connectivity index (χ0v) is 15.8. The highest BCUT2D eigenvalue weighted by Crippen LogP contribution is 2.37. The number of para-hydroxylation sites is 1. The van der Waals surface area contributed by atoms with Crippen LogP contribution in [0.3, 0.4) is 0 Å². The fraction of sp³-hybridized carbons (Fsp3) is 0.350. The lowest BCUT2D eigenvalue weighted by Crippen LogP contribution is -3.15. The summed E-state index contributed by atoms with van der Waals surface area (Å²) in [5, 5.41) is 2.18. The number of hydrogen-bond donors (Lipinski definition) is 2. The average molecular weight is 432 g/mol. The first-order valence-corrected chi connectivity index (χ1v) is 9.25. The highest BCUT2D eigenvalue weighted by Gasteiger charge is 2.37. The van der Waals surface area contributed by atoms with E-state index in [0.29, 0.717) is 38.3 Å². The summed E-state index contributed by atoms with van der Waals surface area (Å²) in [6.45, 7) is 2.58. The van der Waals surface area contributed by atoms with Crippen LogP contribution in [0, 0.1) is 0 Å². The molecule has 1 aliphatic rings. The smallest absolute Gasteiger partial charge is 0.360 e. The number of anilines is 2. The quantitative estimate of drug-likeness (QED) is 0.729. The van der Waals surface area contributed by atoms with Crippen molar-refractivity contribution in [1.29, 1.82) is 0 Å². The molecular weight excluding hydrogens is 412 g/mol. The maximum atomic E-state index is 12.9. The zero-order valence-electron chi connectivity index (χ0n) is 15.8. The second kappa shape index (κ2) is 8.55. The molecule has 0 atom stereocenters. The third-order valence-electron chi connectivity index (χ3n) is 4.87. The number of nitrogens with one attached hydrogen (secondary N) is 2. The molecule has 2 N–H and O–H groups in total. The minimum absolute atomic E-state index is 0.0315. The minimum atomic E-state index is -4.96. The van der Waals surface area contributed by atoms with Gasteiger partial charge in [-0.3, -0.25) is 4.79 Å². The van der Waals surface area contributed by atoms with Gasteiger partial charge in [0, 0.05) is 11.4 Å². The third kappa shape index (κ3) is 5.65. The lowest BCUT2D eigenvalue weighted by atomic mass is 10.1. The lowest BCUT2D eigenvalue weighted by molar-refractivity contribution is -0.892. The molecule has 0 radical (unpaired) electrons. The van der Waals surface area contributed by atoms with Gasteiger partial charge < -0.3 is 15.1 Å². The van der Waals surface area contributed by atoms with Gasteiger partial charge in [-0.05, 0) is 30.3 Å². The Kier molecular flexibility index (Phi) is 6.25. The zero-order chi connectivity index (χ0) is 21.9. The summed E-state index contributed by atoms with van der Waals surface area (Å²) in [5.74, 6) is -0.634. The van der Waals surface area contributed by atoms with Crippen LogP contribution in [0.15, 0.2) is 48.5 Å². The second-order valence-corrected chi connectivity index (χ2v) is 7.09. The predicted octanol–water partition coefficient (Wildman–Crippen LogP) is 3.07. The number of halogens is 6. The monoisotopic (exact) mass is 432 g/mol. The molecule has 1 heterocycles. The Balaban J connectivity index is 1.62. The SMILES string of the molecule is O=C(C[NH+]1CCN(c2ccccc2)CC1)Nc1cc(C(F)(F)F)cc(C(F)(F)F)c1. The van der Waals surface area contributed by atoms with E-state index in [1.165, 1.54) is 0 Å². The number of carbonyl (C=O) groups is 1. The summed E-state index contributed by atoms with van der Waals surface area (Å²) >= 11 is 0. The fourth-order valence-electron chi connectivity index (χ4n) is 3.36. The molecule has 162 valence electrons. The maximum absolute atomic E-state index is 12.9. The molecule has 0 aliphatic carbocycles. The number of rotatable bonds is 4. The molecule has 0 unspecified atom stereocenters. The molecule has 0 aromatic heterocycles. The van der Waals surface area contributed by atoms with Crippen LogP contribution in [-0.4, -0.2) is 38.6 Å². The fourth-order valence-corrected chi connectivity index (χ4v) is 3.36. The minimum Gasteiger partial charge on any atom is -0.360 e. The number of benzene rings is 2. The van der Waals surface area contributed by atoms with Gasteiger partial charge in [-0.15, -0.1) is 0 Å². The highest BCUT2D eigenvalue weighted by molar-refractivity contribution is 5.91. The second-order valence-electron chi connectivity index (χ2n) is 7.09. The summed E-state index contributed by atoms with van der Waals surface area (Å²) in [6, 6.07) is 10.8. The van der Waals surface area contributed by atoms with Gasteiger partial charge in [-0.25, -0.2) is 0 Å². The van der Waals surface area contributed by atoms with E-state index in [2.05, 4.69) is 10.2 Å². The number of carbonyl (C=O) groups excluding carboxylic acids is 1. The van der Waals surface area contributed by atoms with E-state index in [4.69, 9.17) is 0 Å². The standard InChI is InChI=1S/C20H19F6N3O/c21-19(22,23)14-10-15(20(24,25)26)12-16(11-14)27-18(30)13-28-6-8-29(9-7-28)17-4-2-1-3-5-17/h1-5,10-12H,6-9,13H2,(H,27,30)/p+1. The average Bonchev–Trinajstić information content (AvgIpc) is 2.67. The van der Waals surface area contributed by atoms with Crippen LogP contribution >= 0.6 is 0 Å². The Bertz CT molecular complexity index is 842. The number of quaternary nitrogens is 1. The molecule has 1 saturated heterocycles. The van der Waals surface area contributed by atoms with E-state index in [0.717, 1.165) is 10.6 Å². The largest absolute Gasteiger partial charge is 0.416 e. The van der Waals surface area contributed by atoms with Crippen LogP contribution in [0.25, 0.3) is 0 Å². The highest BCUT2D eigenvalue weighted by atomic mass is 19.4. The molecule has 1 aliphatic heterocycles. The number of hydrogen-bond acceptors (Lipinski definition) is 2. The van der Waals surface area contributed by atoms with Gasteiger partial charge in [0.1, 0.15) is 0 Å². The molecule has 0 spiro atoms. The van der Waals surface area contributed by atoms with E-state index in [1.54, 1.807) is 0 Å². The van der Waals surface area contributed by atoms with Crippen LogP contribution in [0.1, 0.15) is 11.1 Å². The molecule has 30 heavy (non-hydrogen) atoms. The van der Waals surface area contributed by atoms with Crippen molar-refractivity contribution < 1.29 is 36.0 Å². The maximum Gasteiger partial charge on any atom is 0.416 e. The van der Waals surface area contributed by atoms with Crippen molar-refractivity contribution in [3.05, 3.63) is 59.7 Å². The first kappa shape index (κ1) is 21.9. The molecule has 1 amide bonds. The third-order valence-corrected chi connectivity index (χ3v) is 4.87. The van der Waals surface area contributed by atoms with E-state index in [9.17, 15) is 31.1 Å². The number of amides is 1. The Labute approximate surface area is 169 Å². The van der Waals surface area contributed by atoms with Gasteiger partial charge in [0.15, 0.2) is 6.54 Å². The Morgan fingerprint density at radius 1 is 0.900 bits per heavy atom. The summed E-state index contributed by atoms with van der Waals surface area (Å²) in [7, 11) is 0. The van der Waals surface area contributed by atoms with Crippen LogP contribution < -0.4 is 15.1 Å². The number of nitrogens with zero attached hydrogens (tertiary/aromatic N) is 1. The van der Waals surface area contributed by atoms with E-state index in [-0.39, 0.29) is 12.6 Å².